The summed E-state index contributed by atoms with van der Waals surface area (Å²) in [6.07, 6.45) is 1.43. The summed E-state index contributed by atoms with van der Waals surface area (Å²) >= 11 is 0. The third-order valence-electron chi connectivity index (χ3n) is 12.8. The molecule has 43 heavy (non-hydrogen) atoms. The Balaban J connectivity index is 1.22. The largest absolute Gasteiger partial charge is 0.480 e. The fourth-order valence-electron chi connectivity index (χ4n) is 10.5. The normalized spacial score (nSPS) is 48.5. The van der Waals surface area contributed by atoms with Crippen LogP contribution >= 0.6 is 0 Å². The quantitative estimate of drug-likeness (QED) is 0.188. The van der Waals surface area contributed by atoms with E-state index in [2.05, 4.69) is 26.1 Å². The van der Waals surface area contributed by atoms with Crippen LogP contribution in [0.15, 0.2) is 0 Å². The Morgan fingerprint density at radius 2 is 1.65 bits per heavy atom. The molecular formula is C32H53NO10. The third kappa shape index (κ3) is 6.12. The lowest BCUT2D eigenvalue weighted by molar-refractivity contribution is -0.317. The van der Waals surface area contributed by atoms with Gasteiger partial charge < -0.3 is 45.4 Å². The summed E-state index contributed by atoms with van der Waals surface area (Å²) in [6, 6.07) is 0. The molecule has 1 heterocycles. The van der Waals surface area contributed by atoms with E-state index in [0.717, 1.165) is 51.4 Å². The molecule has 1 saturated heterocycles. The van der Waals surface area contributed by atoms with Gasteiger partial charge in [0, 0.05) is 6.42 Å². The molecule has 11 nitrogen and oxygen atoms in total. The number of nitrogens with one attached hydrogen (secondary N) is 1. The zero-order chi connectivity index (χ0) is 31.3. The summed E-state index contributed by atoms with van der Waals surface area (Å²) in [5, 5.41) is 63.3. The zero-order valence-electron chi connectivity index (χ0n) is 25.8. The first-order valence-electron chi connectivity index (χ1n) is 16.4. The van der Waals surface area contributed by atoms with Crippen molar-refractivity contribution in [2.24, 2.45) is 46.3 Å². The van der Waals surface area contributed by atoms with E-state index in [1.807, 2.05) is 0 Å². The maximum absolute atomic E-state index is 12.2. The molecule has 0 aromatic rings. The molecule has 0 bridgehead atoms. The Morgan fingerprint density at radius 3 is 2.35 bits per heavy atom. The molecule has 0 radical (unpaired) electrons. The standard InChI is InChI=1S/C32H53NO10/c1-16(4-7-24(36)33-14-25(37)38)19-5-6-20-26-21(9-11-32(19,20)3)31(2)10-8-18(12-17(31)13-22(26)35)42-30-29(41)28(40)27(39)23(15-34)43-30/h16-23,26-30,34-35,39-41H,4-15H2,1-3H3,(H,33,36)(H,37,38)/t16-,17+,18-,19-,20+,21+,22+,23-,26+,27-,28+,29-,30-,31+,32-/m1/s1. The molecular weight excluding hydrogens is 558 g/mol. The van der Waals surface area contributed by atoms with Crippen molar-refractivity contribution in [2.45, 2.75) is 128 Å². The van der Waals surface area contributed by atoms with E-state index >= 15 is 0 Å². The van der Waals surface area contributed by atoms with Crippen LogP contribution in [0.1, 0.15) is 85.0 Å². The van der Waals surface area contributed by atoms with Crippen molar-refractivity contribution in [2.75, 3.05) is 13.2 Å². The van der Waals surface area contributed by atoms with Crippen molar-refractivity contribution in [3.63, 3.8) is 0 Å². The van der Waals surface area contributed by atoms with Crippen LogP contribution in [-0.2, 0) is 19.1 Å². The molecule has 7 N–H and O–H groups in total. The summed E-state index contributed by atoms with van der Waals surface area (Å²) < 4.78 is 11.8. The molecule has 0 spiro atoms. The van der Waals surface area contributed by atoms with E-state index < -0.39 is 49.4 Å². The van der Waals surface area contributed by atoms with Gasteiger partial charge in [-0.15, -0.1) is 0 Å². The average molecular weight is 612 g/mol. The van der Waals surface area contributed by atoms with Crippen LogP contribution in [0.25, 0.3) is 0 Å². The van der Waals surface area contributed by atoms with Gasteiger partial charge in [-0.3, -0.25) is 9.59 Å². The Kier molecular flexibility index (Phi) is 9.84. The topological polar surface area (TPSA) is 186 Å². The summed E-state index contributed by atoms with van der Waals surface area (Å²) in [5.41, 5.74) is 0.165. The van der Waals surface area contributed by atoms with Crippen LogP contribution in [0.3, 0.4) is 0 Å². The molecule has 5 aliphatic rings. The molecule has 4 saturated carbocycles. The summed E-state index contributed by atoms with van der Waals surface area (Å²) in [4.78, 5) is 22.9. The zero-order valence-corrected chi connectivity index (χ0v) is 25.8. The van der Waals surface area contributed by atoms with Crippen LogP contribution < -0.4 is 5.32 Å². The molecule has 1 aliphatic heterocycles. The van der Waals surface area contributed by atoms with Gasteiger partial charge in [0.2, 0.25) is 5.91 Å². The number of hydrogen-bond donors (Lipinski definition) is 7. The average Bonchev–Trinajstić information content (AvgIpc) is 3.33. The first-order chi connectivity index (χ1) is 20.3. The number of aliphatic hydroxyl groups is 5. The Labute approximate surface area is 254 Å². The second kappa shape index (κ2) is 12.8. The van der Waals surface area contributed by atoms with Gasteiger partial charge >= 0.3 is 5.97 Å². The second-order valence-electron chi connectivity index (χ2n) is 14.9. The van der Waals surface area contributed by atoms with E-state index in [-0.39, 0.29) is 41.2 Å². The van der Waals surface area contributed by atoms with Crippen LogP contribution in [0.4, 0.5) is 0 Å². The smallest absolute Gasteiger partial charge is 0.322 e. The highest BCUT2D eigenvalue weighted by molar-refractivity contribution is 5.81. The van der Waals surface area contributed by atoms with Gasteiger partial charge in [0.05, 0.1) is 18.8 Å². The number of aliphatic carboxylic acids is 1. The van der Waals surface area contributed by atoms with Crippen LogP contribution in [0.2, 0.25) is 0 Å². The van der Waals surface area contributed by atoms with Crippen LogP contribution in [0.5, 0.6) is 0 Å². The van der Waals surface area contributed by atoms with E-state index in [9.17, 15) is 35.1 Å². The fourth-order valence-corrected chi connectivity index (χ4v) is 10.5. The van der Waals surface area contributed by atoms with E-state index in [4.69, 9.17) is 14.6 Å². The minimum atomic E-state index is -1.47. The molecule has 5 fully saturated rings. The van der Waals surface area contributed by atoms with Gasteiger partial charge in [-0.05, 0) is 104 Å². The van der Waals surface area contributed by atoms with Crippen molar-refractivity contribution >= 4 is 11.9 Å². The number of carbonyl (C=O) groups is 2. The highest BCUT2D eigenvalue weighted by atomic mass is 16.7. The van der Waals surface area contributed by atoms with Crippen molar-refractivity contribution in [1.29, 1.82) is 0 Å². The molecule has 0 unspecified atom stereocenters. The van der Waals surface area contributed by atoms with Crippen LogP contribution in [-0.4, -0.2) is 98.6 Å². The van der Waals surface area contributed by atoms with Gasteiger partial charge in [0.1, 0.15) is 31.0 Å². The van der Waals surface area contributed by atoms with Gasteiger partial charge in [-0.25, -0.2) is 0 Å². The van der Waals surface area contributed by atoms with Gasteiger partial charge in [0.25, 0.3) is 0 Å². The summed E-state index contributed by atoms with van der Waals surface area (Å²) in [7, 11) is 0. The Hall–Kier alpha value is -1.34. The number of carboxylic acids is 1. The van der Waals surface area contributed by atoms with Gasteiger partial charge in [-0.2, -0.15) is 0 Å². The molecule has 1 amide bonds. The molecule has 0 aromatic carbocycles. The third-order valence-corrected chi connectivity index (χ3v) is 12.8. The Morgan fingerprint density at radius 1 is 0.953 bits per heavy atom. The number of fused-ring (bicyclic) bond motifs is 5. The number of rotatable bonds is 9. The van der Waals surface area contributed by atoms with Crippen molar-refractivity contribution in [3.8, 4) is 0 Å². The first kappa shape index (κ1) is 33.0. The number of aliphatic hydroxyl groups excluding tert-OH is 5. The lowest BCUT2D eigenvalue weighted by Gasteiger charge is -2.62. The van der Waals surface area contributed by atoms with Gasteiger partial charge in [-0.1, -0.05) is 20.8 Å². The van der Waals surface area contributed by atoms with Crippen molar-refractivity contribution in [1.82, 2.24) is 5.32 Å². The first-order valence-corrected chi connectivity index (χ1v) is 16.4. The van der Waals surface area contributed by atoms with E-state index in [1.54, 1.807) is 0 Å². The second-order valence-corrected chi connectivity index (χ2v) is 14.9. The number of amides is 1. The predicted molar refractivity (Wildman–Crippen MR) is 154 cm³/mol. The lowest BCUT2D eigenvalue weighted by Crippen LogP contribution is -2.61. The molecule has 246 valence electrons. The molecule has 5 rings (SSSR count). The van der Waals surface area contributed by atoms with Crippen LogP contribution in [0, 0.1) is 46.3 Å². The number of carbonyl (C=O) groups excluding carboxylic acids is 1. The minimum absolute atomic E-state index is 0.0619. The lowest BCUT2D eigenvalue weighted by atomic mass is 9.43. The summed E-state index contributed by atoms with van der Waals surface area (Å²) in [6.45, 7) is 6.17. The maximum atomic E-state index is 12.2. The van der Waals surface area contributed by atoms with E-state index in [1.165, 1.54) is 0 Å². The highest BCUT2D eigenvalue weighted by Crippen LogP contribution is 2.68. The number of hydrogen-bond acceptors (Lipinski definition) is 9. The van der Waals surface area contributed by atoms with E-state index in [0.29, 0.717) is 36.5 Å². The van der Waals surface area contributed by atoms with Crippen molar-refractivity contribution in [3.05, 3.63) is 0 Å². The fraction of sp³-hybridized carbons (Fsp3) is 0.938. The maximum Gasteiger partial charge on any atom is 0.322 e. The Bertz CT molecular complexity index is 1010. The van der Waals surface area contributed by atoms with Crippen molar-refractivity contribution < 1.29 is 49.7 Å². The molecule has 0 aromatic heterocycles. The number of carboxylic acid groups (broad SMARTS) is 1. The molecule has 11 heteroatoms. The minimum Gasteiger partial charge on any atom is -0.480 e. The monoisotopic (exact) mass is 611 g/mol. The van der Waals surface area contributed by atoms with Gasteiger partial charge in [0.15, 0.2) is 6.29 Å². The molecule has 15 atom stereocenters. The summed E-state index contributed by atoms with van der Waals surface area (Å²) in [5.74, 6) is 0.855. The molecule has 4 aliphatic carbocycles. The SMILES string of the molecule is C[C@H](CCC(=O)NCC(=O)O)[C@H]1CC[C@H]2[C@@H]3[C@@H](O)C[C@@H]4C[C@H](O[C@@H]5O[C@H](CO)[C@@H](O)[C@H](O)[C@H]5O)CC[C@]4(C)[C@H]3CC[C@]12C. The highest BCUT2D eigenvalue weighted by Gasteiger charge is 2.63. The predicted octanol–water partition coefficient (Wildman–Crippen LogP) is 1.42. The number of ether oxygens (including phenoxy) is 2.